The zero-order valence-corrected chi connectivity index (χ0v) is 10.7. The maximum Gasteiger partial charge on any atom is 0.250 e. The summed E-state index contributed by atoms with van der Waals surface area (Å²) in [6, 6.07) is 10.2. The monoisotopic (exact) mass is 278 g/mol. The Hall–Kier alpha value is -1.91. The van der Waals surface area contributed by atoms with Crippen molar-refractivity contribution in [2.75, 3.05) is 0 Å². The minimum absolute atomic E-state index is 0.0211. The summed E-state index contributed by atoms with van der Waals surface area (Å²) < 4.78 is 14.3. The van der Waals surface area contributed by atoms with Crippen molar-refractivity contribution in [3.63, 3.8) is 0 Å². The molecule has 0 spiro atoms. The molecular formula is C14H12ClFN2O. The van der Waals surface area contributed by atoms with Crippen LogP contribution in [-0.2, 0) is 6.54 Å². The molecule has 0 atom stereocenters. The Bertz CT molecular complexity index is 629. The van der Waals surface area contributed by atoms with Crippen LogP contribution in [-0.4, -0.2) is 5.91 Å². The number of carbonyl (C=O) groups is 1. The molecule has 0 heterocycles. The SMILES string of the molecule is NCc1c(F)c(-c2ccccc2)cc(C(N)=O)c1Cl. The number of benzene rings is 2. The van der Waals surface area contributed by atoms with Gasteiger partial charge in [0.25, 0.3) is 0 Å². The van der Waals surface area contributed by atoms with Crippen molar-refractivity contribution in [3.8, 4) is 11.1 Å². The van der Waals surface area contributed by atoms with Crippen LogP contribution in [0.4, 0.5) is 4.39 Å². The molecular weight excluding hydrogens is 267 g/mol. The first-order valence-electron chi connectivity index (χ1n) is 5.62. The van der Waals surface area contributed by atoms with Crippen molar-refractivity contribution in [1.29, 1.82) is 0 Å². The Morgan fingerprint density at radius 3 is 2.42 bits per heavy atom. The molecule has 0 bridgehead atoms. The topological polar surface area (TPSA) is 69.1 Å². The van der Waals surface area contributed by atoms with Crippen LogP contribution in [0.5, 0.6) is 0 Å². The van der Waals surface area contributed by atoms with E-state index in [-0.39, 0.29) is 28.3 Å². The second-order valence-corrected chi connectivity index (χ2v) is 4.39. The average molecular weight is 279 g/mol. The lowest BCUT2D eigenvalue weighted by atomic mass is 9.98. The van der Waals surface area contributed by atoms with E-state index in [2.05, 4.69) is 0 Å². The van der Waals surface area contributed by atoms with Crippen LogP contribution < -0.4 is 11.5 Å². The minimum atomic E-state index is -0.711. The summed E-state index contributed by atoms with van der Waals surface area (Å²) in [6.45, 7) is -0.106. The van der Waals surface area contributed by atoms with E-state index in [0.29, 0.717) is 5.56 Å². The highest BCUT2D eigenvalue weighted by Crippen LogP contribution is 2.32. The molecule has 0 saturated carbocycles. The van der Waals surface area contributed by atoms with Gasteiger partial charge < -0.3 is 11.5 Å². The average Bonchev–Trinajstić information content (AvgIpc) is 2.40. The highest BCUT2D eigenvalue weighted by atomic mass is 35.5. The fourth-order valence-corrected chi connectivity index (χ4v) is 2.19. The number of nitrogens with two attached hydrogens (primary N) is 2. The summed E-state index contributed by atoms with van der Waals surface area (Å²) >= 11 is 5.95. The summed E-state index contributed by atoms with van der Waals surface area (Å²) in [7, 11) is 0. The van der Waals surface area contributed by atoms with Crippen molar-refractivity contribution in [2.24, 2.45) is 11.5 Å². The first-order valence-corrected chi connectivity index (χ1v) is 6.00. The lowest BCUT2D eigenvalue weighted by Crippen LogP contribution is -2.15. The summed E-state index contributed by atoms with van der Waals surface area (Å²) in [5, 5.41) is -0.0211. The van der Waals surface area contributed by atoms with Crippen LogP contribution in [0.3, 0.4) is 0 Å². The standard InChI is InChI=1S/C14H12ClFN2O/c15-12-10(14(18)19)6-9(13(16)11(12)7-17)8-4-2-1-3-5-8/h1-6H,7,17H2,(H2,18,19). The molecule has 2 aromatic carbocycles. The van der Waals surface area contributed by atoms with E-state index in [0.717, 1.165) is 0 Å². The third-order valence-corrected chi connectivity index (χ3v) is 3.28. The van der Waals surface area contributed by atoms with Gasteiger partial charge in [-0.25, -0.2) is 4.39 Å². The number of rotatable bonds is 3. The molecule has 19 heavy (non-hydrogen) atoms. The number of hydrogen-bond donors (Lipinski definition) is 2. The molecule has 2 rings (SSSR count). The molecule has 0 radical (unpaired) electrons. The van der Waals surface area contributed by atoms with Crippen LogP contribution in [0, 0.1) is 5.82 Å². The summed E-state index contributed by atoms with van der Waals surface area (Å²) in [5.74, 6) is -1.24. The number of halogens is 2. The van der Waals surface area contributed by atoms with Gasteiger partial charge in [0.2, 0.25) is 5.91 Å². The molecule has 1 amide bonds. The van der Waals surface area contributed by atoms with E-state index in [1.807, 2.05) is 6.07 Å². The molecule has 0 aliphatic rings. The molecule has 0 saturated heterocycles. The third kappa shape index (κ3) is 2.45. The zero-order valence-electron chi connectivity index (χ0n) is 9.99. The lowest BCUT2D eigenvalue weighted by Gasteiger charge is -2.12. The van der Waals surface area contributed by atoms with Gasteiger partial charge in [-0.15, -0.1) is 0 Å². The van der Waals surface area contributed by atoms with Gasteiger partial charge >= 0.3 is 0 Å². The molecule has 4 N–H and O–H groups in total. The Morgan fingerprint density at radius 2 is 1.89 bits per heavy atom. The first kappa shape index (κ1) is 13.5. The first-order chi connectivity index (χ1) is 9.06. The van der Waals surface area contributed by atoms with Crippen molar-refractivity contribution >= 4 is 17.5 Å². The van der Waals surface area contributed by atoms with Crippen molar-refractivity contribution in [3.05, 3.63) is 58.4 Å². The highest BCUT2D eigenvalue weighted by molar-refractivity contribution is 6.34. The molecule has 3 nitrogen and oxygen atoms in total. The van der Waals surface area contributed by atoms with Crippen LogP contribution in [0.15, 0.2) is 36.4 Å². The molecule has 0 aliphatic carbocycles. The van der Waals surface area contributed by atoms with E-state index in [4.69, 9.17) is 23.1 Å². The Labute approximate surface area is 115 Å². The van der Waals surface area contributed by atoms with Gasteiger partial charge in [-0.3, -0.25) is 4.79 Å². The summed E-state index contributed by atoms with van der Waals surface area (Å²) in [4.78, 5) is 11.4. The second-order valence-electron chi connectivity index (χ2n) is 4.01. The van der Waals surface area contributed by atoms with Crippen LogP contribution in [0.2, 0.25) is 5.02 Å². The van der Waals surface area contributed by atoms with Gasteiger partial charge in [0.05, 0.1) is 10.6 Å². The Morgan fingerprint density at radius 1 is 1.26 bits per heavy atom. The van der Waals surface area contributed by atoms with Gasteiger partial charge in [-0.05, 0) is 11.6 Å². The number of primary amides is 1. The normalized spacial score (nSPS) is 10.5. The summed E-state index contributed by atoms with van der Waals surface area (Å²) in [5.41, 5.74) is 11.8. The maximum absolute atomic E-state index is 14.3. The smallest absolute Gasteiger partial charge is 0.250 e. The molecule has 5 heteroatoms. The summed E-state index contributed by atoms with van der Waals surface area (Å²) in [6.07, 6.45) is 0. The van der Waals surface area contributed by atoms with E-state index in [1.54, 1.807) is 24.3 Å². The highest BCUT2D eigenvalue weighted by Gasteiger charge is 2.19. The number of carbonyl (C=O) groups excluding carboxylic acids is 1. The molecule has 0 aromatic heterocycles. The Balaban J connectivity index is 2.75. The molecule has 0 aliphatic heterocycles. The van der Waals surface area contributed by atoms with E-state index >= 15 is 0 Å². The Kier molecular flexibility index (Phi) is 3.83. The predicted octanol–water partition coefficient (Wildman–Crippen LogP) is 2.70. The quantitative estimate of drug-likeness (QED) is 0.906. The van der Waals surface area contributed by atoms with Gasteiger partial charge in [0.15, 0.2) is 0 Å². The molecule has 98 valence electrons. The van der Waals surface area contributed by atoms with Gasteiger partial charge in [-0.1, -0.05) is 41.9 Å². The van der Waals surface area contributed by atoms with Crippen LogP contribution in [0.25, 0.3) is 11.1 Å². The minimum Gasteiger partial charge on any atom is -0.366 e. The van der Waals surface area contributed by atoms with E-state index in [9.17, 15) is 9.18 Å². The van der Waals surface area contributed by atoms with Gasteiger partial charge in [-0.2, -0.15) is 0 Å². The van der Waals surface area contributed by atoms with E-state index in [1.165, 1.54) is 6.07 Å². The zero-order chi connectivity index (χ0) is 14.0. The maximum atomic E-state index is 14.3. The van der Waals surface area contributed by atoms with Crippen molar-refractivity contribution < 1.29 is 9.18 Å². The predicted molar refractivity (Wildman–Crippen MR) is 73.3 cm³/mol. The fourth-order valence-electron chi connectivity index (χ4n) is 1.88. The largest absolute Gasteiger partial charge is 0.366 e. The third-order valence-electron chi connectivity index (χ3n) is 2.85. The second kappa shape index (κ2) is 5.38. The molecule has 0 unspecified atom stereocenters. The van der Waals surface area contributed by atoms with Crippen molar-refractivity contribution in [2.45, 2.75) is 6.54 Å². The van der Waals surface area contributed by atoms with E-state index < -0.39 is 11.7 Å². The number of amides is 1. The van der Waals surface area contributed by atoms with Crippen LogP contribution in [0.1, 0.15) is 15.9 Å². The lowest BCUT2D eigenvalue weighted by molar-refractivity contribution is 0.100. The number of hydrogen-bond acceptors (Lipinski definition) is 2. The van der Waals surface area contributed by atoms with Crippen molar-refractivity contribution in [1.82, 2.24) is 0 Å². The van der Waals surface area contributed by atoms with Gasteiger partial charge in [0.1, 0.15) is 5.82 Å². The fraction of sp³-hybridized carbons (Fsp3) is 0.0714. The molecule has 0 fully saturated rings. The van der Waals surface area contributed by atoms with Gasteiger partial charge in [0, 0.05) is 17.7 Å². The molecule has 2 aromatic rings. The van der Waals surface area contributed by atoms with Crippen LogP contribution >= 0.6 is 11.6 Å².